The van der Waals surface area contributed by atoms with Gasteiger partial charge in [0.05, 0.1) is 10.7 Å². The average molecular weight is 209 g/mol. The molecule has 0 unspecified atom stereocenters. The van der Waals surface area contributed by atoms with Gasteiger partial charge in [0.15, 0.2) is 0 Å². The Hall–Kier alpha value is -1.09. The summed E-state index contributed by atoms with van der Waals surface area (Å²) in [6, 6.07) is 7.19. The molecule has 3 heteroatoms. The minimum atomic E-state index is 0.262. The summed E-state index contributed by atoms with van der Waals surface area (Å²) in [6.45, 7) is 4.08. The van der Waals surface area contributed by atoms with E-state index in [0.29, 0.717) is 5.92 Å². The van der Waals surface area contributed by atoms with E-state index in [2.05, 4.69) is 0 Å². The number of thiocarbonyl (C=S) groups is 1. The van der Waals surface area contributed by atoms with E-state index in [0.717, 1.165) is 10.7 Å². The van der Waals surface area contributed by atoms with Crippen molar-refractivity contribution >= 4 is 22.9 Å². The van der Waals surface area contributed by atoms with Gasteiger partial charge in [0.25, 0.3) is 0 Å². The van der Waals surface area contributed by atoms with Gasteiger partial charge < -0.3 is 10.0 Å². The van der Waals surface area contributed by atoms with E-state index in [1.165, 1.54) is 0 Å². The molecule has 0 saturated carbocycles. The predicted molar refractivity (Wildman–Crippen MR) is 63.9 cm³/mol. The summed E-state index contributed by atoms with van der Waals surface area (Å²) in [7, 11) is 1.87. The highest BCUT2D eigenvalue weighted by Crippen LogP contribution is 2.26. The maximum absolute atomic E-state index is 9.61. The van der Waals surface area contributed by atoms with E-state index in [4.69, 9.17) is 12.2 Å². The van der Waals surface area contributed by atoms with Crippen LogP contribution < -0.4 is 4.90 Å². The van der Waals surface area contributed by atoms with Crippen LogP contribution in [0.5, 0.6) is 5.75 Å². The lowest BCUT2D eigenvalue weighted by Gasteiger charge is -2.23. The number of hydrogen-bond acceptors (Lipinski definition) is 2. The summed E-state index contributed by atoms with van der Waals surface area (Å²) in [4.78, 5) is 2.67. The van der Waals surface area contributed by atoms with E-state index >= 15 is 0 Å². The Morgan fingerprint density at radius 1 is 1.36 bits per heavy atom. The van der Waals surface area contributed by atoms with Gasteiger partial charge in [-0.25, -0.2) is 0 Å². The van der Waals surface area contributed by atoms with Crippen LogP contribution in [-0.4, -0.2) is 17.1 Å². The Morgan fingerprint density at radius 2 is 1.93 bits per heavy atom. The van der Waals surface area contributed by atoms with Crippen molar-refractivity contribution in [3.05, 3.63) is 24.3 Å². The molecule has 1 N–H and O–H groups in total. The molecule has 76 valence electrons. The first-order chi connectivity index (χ1) is 6.54. The van der Waals surface area contributed by atoms with Crippen molar-refractivity contribution in [3.8, 4) is 5.75 Å². The van der Waals surface area contributed by atoms with Crippen molar-refractivity contribution < 1.29 is 5.11 Å². The van der Waals surface area contributed by atoms with Crippen LogP contribution in [0.3, 0.4) is 0 Å². The fourth-order valence-electron chi connectivity index (χ4n) is 1.25. The van der Waals surface area contributed by atoms with E-state index in [1.807, 2.05) is 37.9 Å². The lowest BCUT2D eigenvalue weighted by molar-refractivity contribution is 0.476. The highest BCUT2D eigenvalue weighted by molar-refractivity contribution is 7.80. The molecular formula is C11H15NOS. The topological polar surface area (TPSA) is 23.5 Å². The molecule has 1 rings (SSSR count). The molecule has 0 amide bonds. The SMILES string of the molecule is CC(C)C(=S)N(C)c1ccccc1O. The summed E-state index contributed by atoms with van der Waals surface area (Å²) < 4.78 is 0. The first-order valence-corrected chi connectivity index (χ1v) is 5.00. The zero-order valence-electron chi connectivity index (χ0n) is 8.69. The second-order valence-corrected chi connectivity index (χ2v) is 3.96. The van der Waals surface area contributed by atoms with Crippen LogP contribution in [0.15, 0.2) is 24.3 Å². The summed E-state index contributed by atoms with van der Waals surface area (Å²) in [5, 5.41) is 9.61. The normalized spacial score (nSPS) is 10.3. The molecule has 0 fully saturated rings. The van der Waals surface area contributed by atoms with Crippen LogP contribution in [0.2, 0.25) is 0 Å². The van der Waals surface area contributed by atoms with Crippen LogP contribution in [0, 0.1) is 5.92 Å². The predicted octanol–water partition coefficient (Wildman–Crippen LogP) is 2.81. The van der Waals surface area contributed by atoms with Gasteiger partial charge in [-0.3, -0.25) is 0 Å². The summed E-state index contributed by atoms with van der Waals surface area (Å²) in [6.07, 6.45) is 0. The van der Waals surface area contributed by atoms with E-state index in [1.54, 1.807) is 12.1 Å². The number of benzene rings is 1. The fraction of sp³-hybridized carbons (Fsp3) is 0.364. The van der Waals surface area contributed by atoms with Crippen LogP contribution in [0.1, 0.15) is 13.8 Å². The van der Waals surface area contributed by atoms with Crippen molar-refractivity contribution in [2.45, 2.75) is 13.8 Å². The van der Waals surface area contributed by atoms with Crippen molar-refractivity contribution in [1.82, 2.24) is 0 Å². The quantitative estimate of drug-likeness (QED) is 0.758. The average Bonchev–Trinajstić information content (AvgIpc) is 2.16. The summed E-state index contributed by atoms with van der Waals surface area (Å²) in [5.74, 6) is 0.563. The third-order valence-corrected chi connectivity index (χ3v) is 2.81. The molecular weight excluding hydrogens is 194 g/mol. The van der Waals surface area contributed by atoms with Gasteiger partial charge in [0, 0.05) is 13.0 Å². The molecule has 1 aromatic carbocycles. The van der Waals surface area contributed by atoms with Gasteiger partial charge in [-0.2, -0.15) is 0 Å². The molecule has 0 aromatic heterocycles. The largest absolute Gasteiger partial charge is 0.506 e. The van der Waals surface area contributed by atoms with E-state index < -0.39 is 0 Å². The third-order valence-electron chi connectivity index (χ3n) is 2.07. The number of nitrogens with zero attached hydrogens (tertiary/aromatic N) is 1. The van der Waals surface area contributed by atoms with Crippen molar-refractivity contribution in [2.24, 2.45) is 5.92 Å². The highest BCUT2D eigenvalue weighted by atomic mass is 32.1. The van der Waals surface area contributed by atoms with Gasteiger partial charge in [-0.05, 0) is 12.1 Å². The number of para-hydroxylation sites is 2. The molecule has 0 saturated heterocycles. The molecule has 14 heavy (non-hydrogen) atoms. The Labute approximate surface area is 90.2 Å². The van der Waals surface area contributed by atoms with Gasteiger partial charge in [-0.15, -0.1) is 0 Å². The van der Waals surface area contributed by atoms with Gasteiger partial charge in [0.2, 0.25) is 0 Å². The smallest absolute Gasteiger partial charge is 0.139 e. The fourth-order valence-corrected chi connectivity index (χ4v) is 1.35. The number of phenols is 1. The van der Waals surface area contributed by atoms with Crippen molar-refractivity contribution in [2.75, 3.05) is 11.9 Å². The van der Waals surface area contributed by atoms with Crippen molar-refractivity contribution in [1.29, 1.82) is 0 Å². The molecule has 0 aliphatic rings. The number of rotatable bonds is 2. The summed E-state index contributed by atoms with van der Waals surface area (Å²) in [5.41, 5.74) is 0.756. The number of hydrogen-bond donors (Lipinski definition) is 1. The Kier molecular flexibility index (Phi) is 3.47. The van der Waals surface area contributed by atoms with Crippen LogP contribution in [-0.2, 0) is 0 Å². The number of phenolic OH excluding ortho intramolecular Hbond substituents is 1. The van der Waals surface area contributed by atoms with Crippen LogP contribution in [0.25, 0.3) is 0 Å². The molecule has 1 aromatic rings. The van der Waals surface area contributed by atoms with Gasteiger partial charge in [0.1, 0.15) is 5.75 Å². The monoisotopic (exact) mass is 209 g/mol. The molecule has 2 nitrogen and oxygen atoms in total. The molecule has 0 atom stereocenters. The molecule has 0 aliphatic carbocycles. The molecule has 0 bridgehead atoms. The minimum absolute atomic E-state index is 0.262. The third kappa shape index (κ3) is 2.23. The molecule has 0 radical (unpaired) electrons. The number of aromatic hydroxyl groups is 1. The maximum atomic E-state index is 9.61. The van der Waals surface area contributed by atoms with Crippen LogP contribution >= 0.6 is 12.2 Å². The van der Waals surface area contributed by atoms with Gasteiger partial charge >= 0.3 is 0 Å². The standard InChI is InChI=1S/C11H15NOS/c1-8(2)11(14)12(3)9-6-4-5-7-10(9)13/h4-8,13H,1-3H3. The summed E-state index contributed by atoms with van der Waals surface area (Å²) >= 11 is 5.26. The molecule has 0 spiro atoms. The Morgan fingerprint density at radius 3 is 2.43 bits per heavy atom. The zero-order chi connectivity index (χ0) is 10.7. The minimum Gasteiger partial charge on any atom is -0.506 e. The van der Waals surface area contributed by atoms with E-state index in [9.17, 15) is 5.11 Å². The molecule has 0 aliphatic heterocycles. The molecule has 0 heterocycles. The van der Waals surface area contributed by atoms with Crippen molar-refractivity contribution in [3.63, 3.8) is 0 Å². The van der Waals surface area contributed by atoms with Gasteiger partial charge in [-0.1, -0.05) is 38.2 Å². The first kappa shape index (κ1) is 11.0. The zero-order valence-corrected chi connectivity index (χ0v) is 9.51. The first-order valence-electron chi connectivity index (χ1n) is 4.59. The van der Waals surface area contributed by atoms with E-state index in [-0.39, 0.29) is 5.75 Å². The Bertz CT molecular complexity index is 336. The van der Waals surface area contributed by atoms with Crippen LogP contribution in [0.4, 0.5) is 5.69 Å². The second-order valence-electron chi connectivity index (χ2n) is 3.54. The maximum Gasteiger partial charge on any atom is 0.139 e. The lowest BCUT2D eigenvalue weighted by atomic mass is 10.2. The highest BCUT2D eigenvalue weighted by Gasteiger charge is 2.12. The number of anilines is 1. The lowest BCUT2D eigenvalue weighted by Crippen LogP contribution is -2.28. The second kappa shape index (κ2) is 4.42. The Balaban J connectivity index is 2.95.